The van der Waals surface area contributed by atoms with E-state index in [1.165, 1.54) is 5.56 Å². The molecular formula is C15H20N2. The lowest BCUT2D eigenvalue weighted by Crippen LogP contribution is -2.45. The lowest BCUT2D eigenvalue weighted by atomic mass is 9.74. The highest BCUT2D eigenvalue weighted by molar-refractivity contribution is 5.22. The third-order valence-corrected chi connectivity index (χ3v) is 4.15. The minimum Gasteiger partial charge on any atom is -0.292 e. The van der Waals surface area contributed by atoms with E-state index in [9.17, 15) is 5.26 Å². The van der Waals surface area contributed by atoms with E-state index >= 15 is 0 Å². The summed E-state index contributed by atoms with van der Waals surface area (Å²) in [5.74, 6) is 0.637. The third kappa shape index (κ3) is 2.35. The molecule has 0 unspecified atom stereocenters. The summed E-state index contributed by atoms with van der Waals surface area (Å²) in [6.07, 6.45) is 4.21. The third-order valence-electron chi connectivity index (χ3n) is 4.15. The lowest BCUT2D eigenvalue weighted by molar-refractivity contribution is 0.148. The Morgan fingerprint density at radius 2 is 1.76 bits per heavy atom. The van der Waals surface area contributed by atoms with Crippen molar-refractivity contribution in [1.82, 2.24) is 4.90 Å². The van der Waals surface area contributed by atoms with Crippen LogP contribution in [0.2, 0.25) is 0 Å². The monoisotopic (exact) mass is 228 g/mol. The molecule has 0 spiro atoms. The SMILES string of the molecule is CN(C)C1(C#N)CCC(c2ccccc2)CC1. The van der Waals surface area contributed by atoms with Gasteiger partial charge in [-0.1, -0.05) is 30.3 Å². The first-order valence-corrected chi connectivity index (χ1v) is 6.31. The molecule has 1 aromatic rings. The predicted molar refractivity (Wildman–Crippen MR) is 69.7 cm³/mol. The van der Waals surface area contributed by atoms with E-state index in [-0.39, 0.29) is 5.54 Å². The number of benzene rings is 1. The van der Waals surface area contributed by atoms with Crippen LogP contribution in [0.3, 0.4) is 0 Å². The van der Waals surface area contributed by atoms with E-state index in [4.69, 9.17) is 0 Å². The van der Waals surface area contributed by atoms with Gasteiger partial charge in [-0.15, -0.1) is 0 Å². The van der Waals surface area contributed by atoms with Crippen molar-refractivity contribution < 1.29 is 0 Å². The van der Waals surface area contributed by atoms with Crippen LogP contribution in [0.4, 0.5) is 0 Å². The standard InChI is InChI=1S/C15H20N2/c1-17(2)15(12-16)10-8-14(9-11-15)13-6-4-3-5-7-13/h3-7,14H,8-11H2,1-2H3. The predicted octanol–water partition coefficient (Wildman–Crippen LogP) is 3.17. The summed E-state index contributed by atoms with van der Waals surface area (Å²) in [5.41, 5.74) is 1.20. The molecule has 0 bridgehead atoms. The highest BCUT2D eigenvalue weighted by Gasteiger charge is 2.37. The smallest absolute Gasteiger partial charge is 0.108 e. The van der Waals surface area contributed by atoms with Crippen LogP contribution in [-0.4, -0.2) is 24.5 Å². The van der Waals surface area contributed by atoms with Crippen LogP contribution in [0.1, 0.15) is 37.2 Å². The molecule has 17 heavy (non-hydrogen) atoms. The molecule has 2 rings (SSSR count). The second-order valence-corrected chi connectivity index (χ2v) is 5.22. The second kappa shape index (κ2) is 4.89. The summed E-state index contributed by atoms with van der Waals surface area (Å²) in [4.78, 5) is 2.09. The molecule has 1 aliphatic rings. The minimum absolute atomic E-state index is 0.231. The van der Waals surface area contributed by atoms with Crippen LogP contribution in [0.5, 0.6) is 0 Å². The summed E-state index contributed by atoms with van der Waals surface area (Å²) in [6, 6.07) is 13.2. The molecule has 2 heteroatoms. The van der Waals surface area contributed by atoms with Crippen molar-refractivity contribution in [3.8, 4) is 6.07 Å². The normalized spacial score (nSPS) is 28.9. The molecule has 1 fully saturated rings. The molecule has 0 aromatic heterocycles. The molecule has 0 aliphatic heterocycles. The van der Waals surface area contributed by atoms with E-state index in [1.54, 1.807) is 0 Å². The van der Waals surface area contributed by atoms with Gasteiger partial charge in [0.1, 0.15) is 5.54 Å². The number of nitriles is 1. The number of rotatable bonds is 2. The van der Waals surface area contributed by atoms with Gasteiger partial charge in [0.2, 0.25) is 0 Å². The maximum atomic E-state index is 9.38. The first-order chi connectivity index (χ1) is 8.18. The summed E-state index contributed by atoms with van der Waals surface area (Å²) in [7, 11) is 4.04. The summed E-state index contributed by atoms with van der Waals surface area (Å²) < 4.78 is 0. The van der Waals surface area contributed by atoms with Crippen molar-refractivity contribution in [3.05, 3.63) is 35.9 Å². The molecular weight excluding hydrogens is 208 g/mol. The van der Waals surface area contributed by atoms with Gasteiger partial charge < -0.3 is 0 Å². The van der Waals surface area contributed by atoms with E-state index in [0.29, 0.717) is 5.92 Å². The molecule has 90 valence electrons. The quantitative estimate of drug-likeness (QED) is 0.777. The molecule has 1 aliphatic carbocycles. The maximum absolute atomic E-state index is 9.38. The Labute approximate surface area is 104 Å². The van der Waals surface area contributed by atoms with Crippen molar-refractivity contribution in [2.24, 2.45) is 0 Å². The van der Waals surface area contributed by atoms with Crippen LogP contribution >= 0.6 is 0 Å². The number of nitrogens with zero attached hydrogens (tertiary/aromatic N) is 2. The summed E-state index contributed by atoms with van der Waals surface area (Å²) in [5, 5.41) is 9.38. The first kappa shape index (κ1) is 12.1. The first-order valence-electron chi connectivity index (χ1n) is 6.31. The Kier molecular flexibility index (Phi) is 3.49. The Bertz CT molecular complexity index is 395. The molecule has 0 heterocycles. The zero-order valence-electron chi connectivity index (χ0n) is 10.7. The van der Waals surface area contributed by atoms with E-state index in [0.717, 1.165) is 25.7 Å². The number of hydrogen-bond donors (Lipinski definition) is 0. The Morgan fingerprint density at radius 3 is 2.24 bits per heavy atom. The average molecular weight is 228 g/mol. The van der Waals surface area contributed by atoms with Gasteiger partial charge in [-0.2, -0.15) is 5.26 Å². The van der Waals surface area contributed by atoms with Gasteiger partial charge >= 0.3 is 0 Å². The molecule has 0 radical (unpaired) electrons. The van der Waals surface area contributed by atoms with E-state index in [2.05, 4.69) is 41.3 Å². The van der Waals surface area contributed by atoms with Crippen molar-refractivity contribution >= 4 is 0 Å². The largest absolute Gasteiger partial charge is 0.292 e. The van der Waals surface area contributed by atoms with Gasteiger partial charge in [0.15, 0.2) is 0 Å². The second-order valence-electron chi connectivity index (χ2n) is 5.22. The van der Waals surface area contributed by atoms with Crippen LogP contribution in [0.15, 0.2) is 30.3 Å². The Morgan fingerprint density at radius 1 is 1.18 bits per heavy atom. The topological polar surface area (TPSA) is 27.0 Å². The van der Waals surface area contributed by atoms with Crippen LogP contribution < -0.4 is 0 Å². The van der Waals surface area contributed by atoms with Crippen molar-refractivity contribution in [2.45, 2.75) is 37.1 Å². The lowest BCUT2D eigenvalue weighted by Gasteiger charge is -2.39. The fourth-order valence-electron chi connectivity index (χ4n) is 2.81. The molecule has 0 amide bonds. The number of hydrogen-bond acceptors (Lipinski definition) is 2. The fraction of sp³-hybridized carbons (Fsp3) is 0.533. The maximum Gasteiger partial charge on any atom is 0.108 e. The van der Waals surface area contributed by atoms with Gasteiger partial charge in [-0.3, -0.25) is 4.90 Å². The molecule has 0 saturated heterocycles. The minimum atomic E-state index is -0.231. The van der Waals surface area contributed by atoms with Crippen molar-refractivity contribution in [2.75, 3.05) is 14.1 Å². The van der Waals surface area contributed by atoms with Gasteiger partial charge in [0.05, 0.1) is 6.07 Å². The van der Waals surface area contributed by atoms with Gasteiger partial charge in [0, 0.05) is 0 Å². The van der Waals surface area contributed by atoms with E-state index < -0.39 is 0 Å². The highest BCUT2D eigenvalue weighted by atomic mass is 15.1. The zero-order valence-corrected chi connectivity index (χ0v) is 10.7. The van der Waals surface area contributed by atoms with Crippen molar-refractivity contribution in [3.63, 3.8) is 0 Å². The highest BCUT2D eigenvalue weighted by Crippen LogP contribution is 2.39. The molecule has 0 N–H and O–H groups in total. The van der Waals surface area contributed by atoms with Crippen LogP contribution in [-0.2, 0) is 0 Å². The summed E-state index contributed by atoms with van der Waals surface area (Å²) >= 11 is 0. The molecule has 0 atom stereocenters. The van der Waals surface area contributed by atoms with Crippen LogP contribution in [0.25, 0.3) is 0 Å². The van der Waals surface area contributed by atoms with E-state index in [1.807, 2.05) is 14.1 Å². The molecule has 1 aromatic carbocycles. The van der Waals surface area contributed by atoms with Gasteiger partial charge in [-0.05, 0) is 51.3 Å². The summed E-state index contributed by atoms with van der Waals surface area (Å²) in [6.45, 7) is 0. The van der Waals surface area contributed by atoms with Crippen molar-refractivity contribution in [1.29, 1.82) is 5.26 Å². The molecule has 1 saturated carbocycles. The van der Waals surface area contributed by atoms with Gasteiger partial charge in [0.25, 0.3) is 0 Å². The van der Waals surface area contributed by atoms with Gasteiger partial charge in [-0.25, -0.2) is 0 Å². The fourth-order valence-corrected chi connectivity index (χ4v) is 2.81. The Balaban J connectivity index is 2.06. The zero-order chi connectivity index (χ0) is 12.3. The Hall–Kier alpha value is -1.33. The average Bonchev–Trinajstić information content (AvgIpc) is 2.39. The molecule has 2 nitrogen and oxygen atoms in total. The van der Waals surface area contributed by atoms with Crippen LogP contribution in [0, 0.1) is 11.3 Å².